The first-order valence-corrected chi connectivity index (χ1v) is 7.93. The third-order valence-electron chi connectivity index (χ3n) is 5.40. The summed E-state index contributed by atoms with van der Waals surface area (Å²) in [6, 6.07) is 7.72. The Labute approximate surface area is 134 Å². The van der Waals surface area contributed by atoms with Crippen LogP contribution in [0.5, 0.6) is 0 Å². The molecular formula is C17H19N3O3. The molecule has 3 aliphatic rings. The van der Waals surface area contributed by atoms with E-state index < -0.39 is 17.2 Å². The maximum atomic E-state index is 12.8. The van der Waals surface area contributed by atoms with Crippen LogP contribution in [-0.4, -0.2) is 55.2 Å². The number of nitrogens with zero attached hydrogens (tertiary/aromatic N) is 2. The van der Waals surface area contributed by atoms with Crippen LogP contribution in [0.15, 0.2) is 24.3 Å². The van der Waals surface area contributed by atoms with E-state index >= 15 is 0 Å². The van der Waals surface area contributed by atoms with Crippen LogP contribution >= 0.6 is 0 Å². The molecule has 6 heteroatoms. The van der Waals surface area contributed by atoms with Gasteiger partial charge in [0.25, 0.3) is 0 Å². The molecule has 23 heavy (non-hydrogen) atoms. The van der Waals surface area contributed by atoms with Gasteiger partial charge in [0.15, 0.2) is 5.78 Å². The predicted molar refractivity (Wildman–Crippen MR) is 84.0 cm³/mol. The number of fused-ring (bicyclic) bond motifs is 4. The average Bonchev–Trinajstić information content (AvgIpc) is 2.52. The molecule has 0 aromatic heterocycles. The lowest BCUT2D eigenvalue weighted by molar-refractivity contribution is -0.152. The first kappa shape index (κ1) is 14.4. The Balaban J connectivity index is 1.88. The van der Waals surface area contributed by atoms with Gasteiger partial charge in [-0.2, -0.15) is 0 Å². The first-order valence-electron chi connectivity index (χ1n) is 7.93. The van der Waals surface area contributed by atoms with Crippen LogP contribution in [0.4, 0.5) is 5.69 Å². The van der Waals surface area contributed by atoms with Crippen molar-refractivity contribution in [3.63, 3.8) is 0 Å². The van der Waals surface area contributed by atoms with Crippen molar-refractivity contribution in [2.24, 2.45) is 5.41 Å². The lowest BCUT2D eigenvalue weighted by atomic mass is 9.65. The van der Waals surface area contributed by atoms with Crippen molar-refractivity contribution in [2.45, 2.75) is 18.9 Å². The highest BCUT2D eigenvalue weighted by Crippen LogP contribution is 2.45. The van der Waals surface area contributed by atoms with E-state index in [0.717, 1.165) is 24.3 Å². The molecule has 2 fully saturated rings. The van der Waals surface area contributed by atoms with Crippen molar-refractivity contribution in [1.29, 1.82) is 0 Å². The number of imide groups is 1. The van der Waals surface area contributed by atoms with E-state index in [1.807, 2.05) is 25.2 Å². The molecule has 1 aromatic rings. The summed E-state index contributed by atoms with van der Waals surface area (Å²) in [6.45, 7) is 2.30. The average molecular weight is 313 g/mol. The van der Waals surface area contributed by atoms with Crippen molar-refractivity contribution in [3.8, 4) is 0 Å². The summed E-state index contributed by atoms with van der Waals surface area (Å²) < 4.78 is 0. The molecule has 120 valence electrons. The van der Waals surface area contributed by atoms with Gasteiger partial charge in [-0.15, -0.1) is 0 Å². The summed E-state index contributed by atoms with van der Waals surface area (Å²) in [6.07, 6.45) is 0.165. The van der Waals surface area contributed by atoms with Gasteiger partial charge in [-0.25, -0.2) is 0 Å². The maximum Gasteiger partial charge on any atom is 0.242 e. The van der Waals surface area contributed by atoms with Crippen LogP contribution in [0.25, 0.3) is 0 Å². The highest BCUT2D eigenvalue weighted by molar-refractivity contribution is 6.22. The van der Waals surface area contributed by atoms with E-state index in [-0.39, 0.29) is 18.2 Å². The second kappa shape index (κ2) is 4.89. The van der Waals surface area contributed by atoms with Crippen molar-refractivity contribution < 1.29 is 14.4 Å². The smallest absolute Gasteiger partial charge is 0.242 e. The van der Waals surface area contributed by atoms with Gasteiger partial charge in [-0.1, -0.05) is 18.2 Å². The Bertz CT molecular complexity index is 695. The molecule has 0 bridgehead atoms. The van der Waals surface area contributed by atoms with Crippen molar-refractivity contribution >= 4 is 23.3 Å². The fourth-order valence-electron chi connectivity index (χ4n) is 4.22. The third-order valence-corrected chi connectivity index (χ3v) is 5.40. The van der Waals surface area contributed by atoms with Gasteiger partial charge in [0.2, 0.25) is 11.8 Å². The fraction of sp³-hybridized carbons (Fsp3) is 0.471. The Hall–Kier alpha value is -2.21. The molecule has 2 amide bonds. The lowest BCUT2D eigenvalue weighted by Gasteiger charge is -2.54. The molecule has 6 nitrogen and oxygen atoms in total. The monoisotopic (exact) mass is 313 g/mol. The highest BCUT2D eigenvalue weighted by Gasteiger charge is 2.59. The van der Waals surface area contributed by atoms with E-state index in [1.165, 1.54) is 0 Å². The summed E-state index contributed by atoms with van der Waals surface area (Å²) in [5.74, 6) is -1.16. The fourth-order valence-corrected chi connectivity index (χ4v) is 4.22. The second-order valence-corrected chi connectivity index (χ2v) is 6.73. The highest BCUT2D eigenvalue weighted by atomic mass is 16.2. The maximum absolute atomic E-state index is 12.8. The van der Waals surface area contributed by atoms with Gasteiger partial charge < -0.3 is 9.80 Å². The van der Waals surface area contributed by atoms with Crippen molar-refractivity contribution in [3.05, 3.63) is 29.8 Å². The van der Waals surface area contributed by atoms with Crippen LogP contribution in [0.1, 0.15) is 12.0 Å². The van der Waals surface area contributed by atoms with Gasteiger partial charge >= 0.3 is 0 Å². The third kappa shape index (κ3) is 1.94. The molecule has 2 atom stereocenters. The molecule has 2 saturated heterocycles. The minimum atomic E-state index is -1.16. The number of ketones is 1. The van der Waals surface area contributed by atoms with Crippen LogP contribution in [0.2, 0.25) is 0 Å². The number of benzene rings is 1. The van der Waals surface area contributed by atoms with E-state index in [0.29, 0.717) is 13.0 Å². The quantitative estimate of drug-likeness (QED) is 0.538. The minimum absolute atomic E-state index is 0.206. The molecule has 0 saturated carbocycles. The Morgan fingerprint density at radius 3 is 2.74 bits per heavy atom. The summed E-state index contributed by atoms with van der Waals surface area (Å²) in [5.41, 5.74) is 0.955. The van der Waals surface area contributed by atoms with Crippen LogP contribution in [0.3, 0.4) is 0 Å². The minimum Gasteiger partial charge on any atom is -0.364 e. The van der Waals surface area contributed by atoms with Crippen LogP contribution in [-0.2, 0) is 20.8 Å². The number of nitrogens with one attached hydrogen (secondary N) is 1. The number of amides is 2. The summed E-state index contributed by atoms with van der Waals surface area (Å²) in [4.78, 5) is 41.5. The number of carbonyl (C=O) groups excluding carboxylic acids is 3. The standard InChI is InChI=1S/C17H19N3O3/c1-19-6-7-20-12-5-3-2-4-11(12)9-17(13(20)10-19)14(21)8-15(22)18-16(17)23/h2-5,13H,6-10H2,1H3,(H,18,22,23). The number of hydrogen-bond donors (Lipinski definition) is 1. The molecular weight excluding hydrogens is 294 g/mol. The van der Waals surface area contributed by atoms with E-state index in [2.05, 4.69) is 21.2 Å². The Morgan fingerprint density at radius 2 is 1.96 bits per heavy atom. The number of carbonyl (C=O) groups is 3. The molecule has 3 aliphatic heterocycles. The van der Waals surface area contributed by atoms with Gasteiger partial charge in [-0.05, 0) is 25.1 Å². The van der Waals surface area contributed by atoms with Crippen molar-refractivity contribution in [2.75, 3.05) is 31.6 Å². The second-order valence-electron chi connectivity index (χ2n) is 6.73. The number of piperazine rings is 1. The summed E-state index contributed by atoms with van der Waals surface area (Å²) in [5, 5.41) is 2.41. The normalized spacial score (nSPS) is 30.9. The van der Waals surface area contributed by atoms with Gasteiger partial charge in [-0.3, -0.25) is 19.7 Å². The number of Topliss-reactive ketones (excluding diaryl/α,β-unsaturated/α-hetero) is 1. The van der Waals surface area contributed by atoms with E-state index in [9.17, 15) is 14.4 Å². The van der Waals surface area contributed by atoms with Gasteiger partial charge in [0, 0.05) is 25.3 Å². The largest absolute Gasteiger partial charge is 0.364 e. The zero-order valence-electron chi connectivity index (χ0n) is 13.0. The molecule has 1 N–H and O–H groups in total. The number of anilines is 1. The number of hydrogen-bond acceptors (Lipinski definition) is 5. The zero-order valence-corrected chi connectivity index (χ0v) is 13.0. The van der Waals surface area contributed by atoms with Crippen molar-refractivity contribution in [1.82, 2.24) is 10.2 Å². The number of likely N-dealkylation sites (N-methyl/N-ethyl adjacent to an activating group) is 1. The van der Waals surface area contributed by atoms with Crippen LogP contribution < -0.4 is 10.2 Å². The zero-order chi connectivity index (χ0) is 16.2. The van der Waals surface area contributed by atoms with Gasteiger partial charge in [0.05, 0.1) is 12.5 Å². The topological polar surface area (TPSA) is 69.7 Å². The summed E-state index contributed by atoms with van der Waals surface area (Å²) in [7, 11) is 2.00. The Morgan fingerprint density at radius 1 is 1.17 bits per heavy atom. The molecule has 1 aromatic carbocycles. The predicted octanol–water partition coefficient (Wildman–Crippen LogP) is -0.0349. The summed E-state index contributed by atoms with van der Waals surface area (Å²) >= 11 is 0. The number of piperidine rings is 1. The molecule has 0 radical (unpaired) electrons. The van der Waals surface area contributed by atoms with Gasteiger partial charge in [0.1, 0.15) is 5.41 Å². The molecule has 3 heterocycles. The molecule has 2 unspecified atom stereocenters. The molecule has 0 aliphatic carbocycles. The lowest BCUT2D eigenvalue weighted by Crippen LogP contribution is -2.71. The van der Waals surface area contributed by atoms with E-state index in [1.54, 1.807) is 0 Å². The number of rotatable bonds is 0. The molecule has 1 spiro atoms. The Kier molecular flexibility index (Phi) is 3.06. The number of para-hydroxylation sites is 1. The molecule has 4 rings (SSSR count). The first-order chi connectivity index (χ1) is 11.0. The SMILES string of the molecule is CN1CCN2c3ccccc3CC3(C(=O)CC(=O)NC3=O)C2C1. The van der Waals surface area contributed by atoms with E-state index in [4.69, 9.17) is 0 Å². The van der Waals surface area contributed by atoms with Crippen LogP contribution in [0, 0.1) is 5.41 Å².